The molecule has 10 nitrogen and oxygen atoms in total. The van der Waals surface area contributed by atoms with Gasteiger partial charge in [-0.05, 0) is 49.6 Å². The number of hydrogen-bond donors (Lipinski definition) is 0. The van der Waals surface area contributed by atoms with Gasteiger partial charge in [-0.2, -0.15) is 0 Å². The zero-order valence-corrected chi connectivity index (χ0v) is 25.9. The molecule has 0 aromatic heterocycles. The van der Waals surface area contributed by atoms with Gasteiger partial charge in [0, 0.05) is 10.8 Å². The smallest absolute Gasteiger partial charge is 0.867 e. The molecule has 0 heterocycles. The molecule has 0 aliphatic carbocycles. The van der Waals surface area contributed by atoms with E-state index in [1.165, 1.54) is 62.4 Å². The predicted octanol–water partition coefficient (Wildman–Crippen LogP) is -5.54. The van der Waals surface area contributed by atoms with Crippen molar-refractivity contribution in [3.63, 3.8) is 0 Å². The van der Waals surface area contributed by atoms with Gasteiger partial charge in [0.05, 0.1) is 23.0 Å². The van der Waals surface area contributed by atoms with Gasteiger partial charge in [-0.3, -0.25) is 0 Å². The Kier molecular flexibility index (Phi) is 18.0. The van der Waals surface area contributed by atoms with E-state index in [0.29, 0.717) is 10.8 Å². The zero-order valence-electron chi connectivity index (χ0n) is 20.2. The van der Waals surface area contributed by atoms with E-state index >= 15 is 0 Å². The topological polar surface area (TPSA) is 167 Å². The SMILES string of the molecule is CCOC(=O)C([O-])=CS(=O)(=O)c1ccccc1.CCOC(=O)C([O-])=CS(=O)(=O)c1ccccc1.[Na+].[Na+]. The second kappa shape index (κ2) is 17.8. The number of esters is 2. The van der Waals surface area contributed by atoms with Crippen LogP contribution in [0.2, 0.25) is 0 Å². The number of carbonyl (C=O) groups is 2. The number of ether oxygens (including phenoxy) is 2. The third-order valence-corrected chi connectivity index (χ3v) is 6.53. The predicted molar refractivity (Wildman–Crippen MR) is 117 cm³/mol. The van der Waals surface area contributed by atoms with Gasteiger partial charge in [-0.1, -0.05) is 36.4 Å². The molecular weight excluding hydrogens is 534 g/mol. The van der Waals surface area contributed by atoms with Crippen molar-refractivity contribution < 1.29 is 105 Å². The van der Waals surface area contributed by atoms with Crippen LogP contribution in [0.1, 0.15) is 13.8 Å². The quantitative estimate of drug-likeness (QED) is 0.132. The largest absolute Gasteiger partial charge is 1.00 e. The monoisotopic (exact) mass is 556 g/mol. The third-order valence-electron chi connectivity index (χ3n) is 3.62. The van der Waals surface area contributed by atoms with Crippen LogP contribution in [0.25, 0.3) is 0 Å². The first kappa shape index (κ1) is 36.5. The number of rotatable bonds is 8. The van der Waals surface area contributed by atoms with E-state index in [2.05, 4.69) is 9.47 Å². The summed E-state index contributed by atoms with van der Waals surface area (Å²) >= 11 is 0. The molecule has 0 spiro atoms. The van der Waals surface area contributed by atoms with Gasteiger partial charge in [0.2, 0.25) is 0 Å². The summed E-state index contributed by atoms with van der Waals surface area (Å²) in [5, 5.41) is 23.2. The van der Waals surface area contributed by atoms with E-state index in [4.69, 9.17) is 0 Å². The summed E-state index contributed by atoms with van der Waals surface area (Å²) in [6.07, 6.45) is 0. The van der Waals surface area contributed by atoms with E-state index in [1.54, 1.807) is 12.1 Å². The summed E-state index contributed by atoms with van der Waals surface area (Å²) in [5.74, 6) is -4.72. The van der Waals surface area contributed by atoms with Crippen molar-refractivity contribution in [2.75, 3.05) is 13.2 Å². The third kappa shape index (κ3) is 12.5. The Morgan fingerprint density at radius 3 is 1.19 bits per heavy atom. The summed E-state index contributed by atoms with van der Waals surface area (Å²) in [6.45, 7) is 3.08. The molecule has 2 rings (SSSR count). The van der Waals surface area contributed by atoms with E-state index in [1.807, 2.05) is 0 Å². The van der Waals surface area contributed by atoms with Crippen molar-refractivity contribution >= 4 is 31.6 Å². The molecular formula is C22H22Na2O10S2. The molecule has 0 radical (unpaired) electrons. The maximum absolute atomic E-state index is 11.7. The number of sulfone groups is 2. The van der Waals surface area contributed by atoms with Crippen molar-refractivity contribution in [3.05, 3.63) is 83.0 Å². The van der Waals surface area contributed by atoms with Crippen LogP contribution in [0.15, 0.2) is 92.8 Å². The van der Waals surface area contributed by atoms with Gasteiger partial charge in [0.25, 0.3) is 0 Å². The number of hydrogen-bond acceptors (Lipinski definition) is 10. The Morgan fingerprint density at radius 2 is 0.944 bits per heavy atom. The Labute approximate surface area is 254 Å². The Morgan fingerprint density at radius 1 is 0.667 bits per heavy atom. The van der Waals surface area contributed by atoms with Crippen LogP contribution in [0.5, 0.6) is 0 Å². The first-order valence-corrected chi connectivity index (χ1v) is 12.8. The first-order chi connectivity index (χ1) is 15.9. The van der Waals surface area contributed by atoms with E-state index < -0.39 is 43.1 Å². The Bertz CT molecular complexity index is 1140. The molecule has 0 fully saturated rings. The molecule has 2 aromatic rings. The molecule has 2 aromatic carbocycles. The molecule has 0 unspecified atom stereocenters. The molecule has 0 amide bonds. The fraction of sp³-hybridized carbons (Fsp3) is 0.182. The Hall–Kier alpha value is -1.64. The molecule has 0 saturated carbocycles. The summed E-state index contributed by atoms with van der Waals surface area (Å²) in [6, 6.07) is 14.7. The van der Waals surface area contributed by atoms with Gasteiger partial charge in [-0.25, -0.2) is 26.4 Å². The van der Waals surface area contributed by atoms with Gasteiger partial charge in [-0.15, -0.1) is 0 Å². The summed E-state index contributed by atoms with van der Waals surface area (Å²) in [7, 11) is -7.80. The van der Waals surface area contributed by atoms with Gasteiger partial charge >= 0.3 is 71.1 Å². The minimum atomic E-state index is -3.90. The maximum Gasteiger partial charge on any atom is 1.00 e. The van der Waals surface area contributed by atoms with Crippen molar-refractivity contribution in [2.45, 2.75) is 23.6 Å². The van der Waals surface area contributed by atoms with Crippen LogP contribution in [-0.2, 0) is 38.7 Å². The van der Waals surface area contributed by atoms with Crippen LogP contribution in [-0.4, -0.2) is 42.0 Å². The van der Waals surface area contributed by atoms with Gasteiger partial charge < -0.3 is 19.7 Å². The van der Waals surface area contributed by atoms with Crippen molar-refractivity contribution in [2.24, 2.45) is 0 Å². The number of carbonyl (C=O) groups excluding carboxylic acids is 2. The van der Waals surface area contributed by atoms with E-state index in [9.17, 15) is 36.6 Å². The molecule has 0 N–H and O–H groups in total. The fourth-order valence-corrected chi connectivity index (χ4v) is 4.24. The normalized spacial score (nSPS) is 11.5. The molecule has 36 heavy (non-hydrogen) atoms. The maximum atomic E-state index is 11.7. The molecule has 0 atom stereocenters. The average Bonchev–Trinajstić information content (AvgIpc) is 2.80. The molecule has 0 aliphatic heterocycles. The summed E-state index contributed by atoms with van der Waals surface area (Å²) < 4.78 is 55.5. The van der Waals surface area contributed by atoms with Crippen molar-refractivity contribution in [1.29, 1.82) is 0 Å². The molecule has 184 valence electrons. The minimum absolute atomic E-state index is 0. The molecule has 0 aliphatic rings. The molecule has 0 saturated heterocycles. The van der Waals surface area contributed by atoms with Crippen molar-refractivity contribution in [1.82, 2.24) is 0 Å². The van der Waals surface area contributed by atoms with Crippen LogP contribution in [0.4, 0.5) is 0 Å². The summed E-state index contributed by atoms with van der Waals surface area (Å²) in [4.78, 5) is 21.9. The fourth-order valence-electron chi connectivity index (χ4n) is 2.14. The Balaban J connectivity index is 0. The van der Waals surface area contributed by atoms with Crippen LogP contribution < -0.4 is 69.3 Å². The van der Waals surface area contributed by atoms with Crippen LogP contribution in [0.3, 0.4) is 0 Å². The van der Waals surface area contributed by atoms with Crippen molar-refractivity contribution in [3.8, 4) is 0 Å². The molecule has 14 heteroatoms. The van der Waals surface area contributed by atoms with Crippen LogP contribution in [0, 0.1) is 0 Å². The minimum Gasteiger partial charge on any atom is -0.867 e. The van der Waals surface area contributed by atoms with E-state index in [-0.39, 0.29) is 82.1 Å². The zero-order chi connectivity index (χ0) is 25.8. The summed E-state index contributed by atoms with van der Waals surface area (Å²) in [5.41, 5.74) is 0. The number of benzene rings is 2. The second-order valence-electron chi connectivity index (χ2n) is 6.12. The van der Waals surface area contributed by atoms with Crippen LogP contribution >= 0.6 is 0 Å². The molecule has 0 bridgehead atoms. The van der Waals surface area contributed by atoms with Gasteiger partial charge in [0.1, 0.15) is 0 Å². The first-order valence-electron chi connectivity index (χ1n) is 9.66. The van der Waals surface area contributed by atoms with Gasteiger partial charge in [0.15, 0.2) is 19.7 Å². The van der Waals surface area contributed by atoms with E-state index in [0.717, 1.165) is 0 Å². The second-order valence-corrected chi connectivity index (χ2v) is 9.72. The standard InChI is InChI=1S/2C11H12O5S.2Na/c2*1-2-16-11(13)10(12)8-17(14,15)9-6-4-3-5-7-9;;/h2*3-8,12H,2H2,1H3;;/q;;2*+1/p-2. The average molecular weight is 557 g/mol.